The van der Waals surface area contributed by atoms with Crippen LogP contribution >= 0.6 is 0 Å². The number of nitrogens with one attached hydrogen (secondary N) is 2. The van der Waals surface area contributed by atoms with Crippen LogP contribution < -0.4 is 10.5 Å². The summed E-state index contributed by atoms with van der Waals surface area (Å²) in [5.41, 5.74) is 8.52. The fraction of sp³-hybridized carbons (Fsp3) is 0.467. The van der Waals surface area contributed by atoms with Crippen LogP contribution in [0.15, 0.2) is 72.2 Å². The minimum Gasteiger partial charge on any atom is -0.498 e. The van der Waals surface area contributed by atoms with Crippen LogP contribution in [-0.2, 0) is 4.74 Å². The Morgan fingerprint density at radius 2 is 1.59 bits per heavy atom. The van der Waals surface area contributed by atoms with Crippen LogP contribution in [-0.4, -0.2) is 54.4 Å². The zero-order valence-corrected chi connectivity index (χ0v) is 22.9. The number of aryl methyl sites for hydroxylation is 1. The van der Waals surface area contributed by atoms with E-state index in [0.29, 0.717) is 25.6 Å². The van der Waals surface area contributed by atoms with Gasteiger partial charge in [-0.15, -0.1) is 0 Å². The van der Waals surface area contributed by atoms with Gasteiger partial charge in [-0.25, -0.2) is 0 Å². The van der Waals surface area contributed by atoms with Crippen molar-refractivity contribution < 1.29 is 9.47 Å². The number of rotatable bonds is 15. The first-order chi connectivity index (χ1) is 17.8. The maximum Gasteiger partial charge on any atom is 0.197 e. The summed E-state index contributed by atoms with van der Waals surface area (Å²) < 4.78 is 11.8. The van der Waals surface area contributed by atoms with Gasteiger partial charge in [0, 0.05) is 31.8 Å². The van der Waals surface area contributed by atoms with Gasteiger partial charge in [-0.2, -0.15) is 0 Å². The maximum atomic E-state index is 8.79. The molecular weight excluding hydrogens is 462 g/mol. The second-order valence-electron chi connectivity index (χ2n) is 9.33. The van der Waals surface area contributed by atoms with Crippen LogP contribution in [0.3, 0.4) is 0 Å². The number of ether oxygens (including phenoxy) is 2. The molecule has 1 aliphatic carbocycles. The van der Waals surface area contributed by atoms with Crippen molar-refractivity contribution in [1.82, 2.24) is 9.80 Å². The average molecular weight is 508 g/mol. The fourth-order valence-corrected chi connectivity index (χ4v) is 3.91. The van der Waals surface area contributed by atoms with Gasteiger partial charge in [-0.05, 0) is 76.7 Å². The molecule has 1 aromatic carbocycles. The molecule has 0 aliphatic heterocycles. The van der Waals surface area contributed by atoms with Crippen LogP contribution in [0.25, 0.3) is 0 Å². The molecule has 0 radical (unpaired) electrons. The van der Waals surface area contributed by atoms with Crippen LogP contribution in [0.1, 0.15) is 57.9 Å². The van der Waals surface area contributed by atoms with Crippen molar-refractivity contribution in [2.24, 2.45) is 5.73 Å². The topological polar surface area (TPSA) is 98.7 Å². The Morgan fingerprint density at radius 1 is 0.946 bits per heavy atom. The van der Waals surface area contributed by atoms with E-state index in [4.69, 9.17) is 26.0 Å². The van der Waals surface area contributed by atoms with E-state index < -0.39 is 0 Å². The number of amidine groups is 1. The molecule has 0 heterocycles. The molecule has 0 unspecified atom stereocenters. The van der Waals surface area contributed by atoms with Crippen molar-refractivity contribution in [3.05, 3.63) is 77.7 Å². The summed E-state index contributed by atoms with van der Waals surface area (Å²) in [7, 11) is 0. The molecule has 0 bridgehead atoms. The molecule has 1 aromatic rings. The van der Waals surface area contributed by atoms with E-state index in [9.17, 15) is 0 Å². The number of benzene rings is 1. The van der Waals surface area contributed by atoms with E-state index in [1.54, 1.807) is 0 Å². The van der Waals surface area contributed by atoms with Gasteiger partial charge in [-0.1, -0.05) is 42.5 Å². The highest BCUT2D eigenvalue weighted by atomic mass is 16.5. The molecule has 0 atom stereocenters. The third-order valence-corrected chi connectivity index (χ3v) is 6.21. The maximum absolute atomic E-state index is 8.79. The predicted molar refractivity (Wildman–Crippen MR) is 154 cm³/mol. The van der Waals surface area contributed by atoms with Gasteiger partial charge in [-0.3, -0.25) is 10.8 Å². The molecule has 37 heavy (non-hydrogen) atoms. The first-order valence-electron chi connectivity index (χ1n) is 13.3. The number of allylic oxidation sites excluding steroid dienone is 5. The summed E-state index contributed by atoms with van der Waals surface area (Å²) in [5.74, 6) is 2.39. The standard InChI is InChI=1S/C30H45N5O2/c1-5-34(20-8-10-22-37-28-17-14-25(4)15-18-28)30(33)35(24(2)3)21-9-11-23-36-27-13-7-6-12-26(16-19-27)29(31)32/h6-7,14-19,33H,2,5,8-13,20-23H2,1,3-4H3,(H3,31,32)/b7-6-,26-16+,27-19+,33-30?. The molecule has 0 aromatic heterocycles. The normalized spacial score (nSPS) is 16.7. The van der Waals surface area contributed by atoms with E-state index in [1.165, 1.54) is 5.56 Å². The van der Waals surface area contributed by atoms with Gasteiger partial charge in [0.15, 0.2) is 5.96 Å². The Balaban J connectivity index is 1.73. The van der Waals surface area contributed by atoms with E-state index in [-0.39, 0.29) is 5.84 Å². The SMILES string of the molecule is C=C(C)N(CCCCO/C1=C/C=C(/C(=N)N)C/C=C\C1)C(=N)N(CC)CCCCOc1ccc(C)cc1. The first-order valence-corrected chi connectivity index (χ1v) is 13.3. The predicted octanol–water partition coefficient (Wildman–Crippen LogP) is 6.14. The molecule has 0 saturated carbocycles. The van der Waals surface area contributed by atoms with Crippen molar-refractivity contribution in [2.75, 3.05) is 32.8 Å². The van der Waals surface area contributed by atoms with Crippen molar-refractivity contribution in [3.8, 4) is 5.75 Å². The summed E-state index contributed by atoms with van der Waals surface area (Å²) in [4.78, 5) is 4.09. The summed E-state index contributed by atoms with van der Waals surface area (Å²) in [5, 5.41) is 16.4. The van der Waals surface area contributed by atoms with Gasteiger partial charge in [0.2, 0.25) is 0 Å². The van der Waals surface area contributed by atoms with Crippen molar-refractivity contribution in [2.45, 2.75) is 59.3 Å². The molecule has 1 aliphatic rings. The lowest BCUT2D eigenvalue weighted by molar-refractivity contribution is 0.198. The Morgan fingerprint density at radius 3 is 2.24 bits per heavy atom. The summed E-state index contributed by atoms with van der Waals surface area (Å²) in [6, 6.07) is 8.13. The number of hydrogen-bond acceptors (Lipinski definition) is 4. The lowest BCUT2D eigenvalue weighted by atomic mass is 10.1. The highest BCUT2D eigenvalue weighted by Crippen LogP contribution is 2.15. The van der Waals surface area contributed by atoms with E-state index in [0.717, 1.165) is 74.5 Å². The molecule has 0 saturated heterocycles. The molecule has 7 heteroatoms. The molecule has 0 spiro atoms. The number of unbranched alkanes of at least 4 members (excludes halogenated alkanes) is 2. The van der Waals surface area contributed by atoms with Gasteiger partial charge in [0.25, 0.3) is 0 Å². The summed E-state index contributed by atoms with van der Waals surface area (Å²) >= 11 is 0. The van der Waals surface area contributed by atoms with Crippen molar-refractivity contribution in [3.63, 3.8) is 0 Å². The molecule has 4 N–H and O–H groups in total. The van der Waals surface area contributed by atoms with E-state index in [2.05, 4.69) is 43.5 Å². The second kappa shape index (κ2) is 16.3. The van der Waals surface area contributed by atoms with Crippen LogP contribution in [0.4, 0.5) is 0 Å². The molecule has 202 valence electrons. The second-order valence-corrected chi connectivity index (χ2v) is 9.33. The van der Waals surface area contributed by atoms with Gasteiger partial charge in [0.1, 0.15) is 11.6 Å². The summed E-state index contributed by atoms with van der Waals surface area (Å²) in [6.07, 6.45) is 13.0. The number of hydrogen-bond donors (Lipinski definition) is 3. The quantitative estimate of drug-likeness (QED) is 0.115. The van der Waals surface area contributed by atoms with Gasteiger partial charge in [0.05, 0.1) is 19.0 Å². The summed E-state index contributed by atoms with van der Waals surface area (Å²) in [6.45, 7) is 13.8. The van der Waals surface area contributed by atoms with E-state index >= 15 is 0 Å². The Bertz CT molecular complexity index is 978. The molecular formula is C30H45N5O2. The van der Waals surface area contributed by atoms with Gasteiger partial charge < -0.3 is 25.0 Å². The Labute approximate surface area is 223 Å². The highest BCUT2D eigenvalue weighted by molar-refractivity contribution is 5.94. The lowest BCUT2D eigenvalue weighted by Gasteiger charge is -2.33. The molecule has 2 rings (SSSR count). The molecule has 0 fully saturated rings. The minimum atomic E-state index is 0.0983. The monoisotopic (exact) mass is 507 g/mol. The Hall–Kier alpha value is -3.48. The van der Waals surface area contributed by atoms with Crippen molar-refractivity contribution in [1.29, 1.82) is 10.8 Å². The van der Waals surface area contributed by atoms with Crippen LogP contribution in [0.5, 0.6) is 5.75 Å². The van der Waals surface area contributed by atoms with Gasteiger partial charge >= 0.3 is 0 Å². The largest absolute Gasteiger partial charge is 0.498 e. The molecule has 7 nitrogen and oxygen atoms in total. The smallest absolute Gasteiger partial charge is 0.197 e. The number of nitrogens with zero attached hydrogens (tertiary/aromatic N) is 2. The van der Waals surface area contributed by atoms with E-state index in [1.807, 2.05) is 42.2 Å². The zero-order valence-electron chi connectivity index (χ0n) is 22.9. The zero-order chi connectivity index (χ0) is 27.0. The van der Waals surface area contributed by atoms with Crippen molar-refractivity contribution >= 4 is 11.8 Å². The van der Waals surface area contributed by atoms with Crippen LogP contribution in [0, 0.1) is 17.7 Å². The van der Waals surface area contributed by atoms with Crippen LogP contribution in [0.2, 0.25) is 0 Å². The Kier molecular flexibility index (Phi) is 13.1. The first kappa shape index (κ1) is 29.7. The number of guanidine groups is 1. The third kappa shape index (κ3) is 11.0. The highest BCUT2D eigenvalue weighted by Gasteiger charge is 2.16. The third-order valence-electron chi connectivity index (χ3n) is 6.21. The number of nitrogens with two attached hydrogens (primary N) is 1. The average Bonchev–Trinajstić information content (AvgIpc) is 2.85. The molecule has 0 amide bonds. The fourth-order valence-electron chi connectivity index (χ4n) is 3.91. The minimum absolute atomic E-state index is 0.0983. The lowest BCUT2D eigenvalue weighted by Crippen LogP contribution is -2.43.